The summed E-state index contributed by atoms with van der Waals surface area (Å²) in [6.45, 7) is 1.99. The first-order valence-corrected chi connectivity index (χ1v) is 6.93. The minimum Gasteiger partial charge on any atom is -0.481 e. The van der Waals surface area contributed by atoms with Crippen LogP contribution in [-0.4, -0.2) is 28.0 Å². The third-order valence-corrected chi connectivity index (χ3v) is 3.71. The van der Waals surface area contributed by atoms with Crippen LogP contribution in [0.2, 0.25) is 0 Å². The van der Waals surface area contributed by atoms with Crippen molar-refractivity contribution >= 4 is 38.6 Å². The highest BCUT2D eigenvalue weighted by Crippen LogP contribution is 2.26. The number of nitrogens with zero attached hydrogens (tertiary/aromatic N) is 1. The molecule has 0 spiro atoms. The van der Waals surface area contributed by atoms with Gasteiger partial charge in [0, 0.05) is 6.42 Å². The summed E-state index contributed by atoms with van der Waals surface area (Å²) >= 11 is 1.37. The van der Waals surface area contributed by atoms with E-state index in [0.29, 0.717) is 5.13 Å². The first kappa shape index (κ1) is 14.4. The van der Waals surface area contributed by atoms with Gasteiger partial charge in [-0.2, -0.15) is 0 Å². The van der Waals surface area contributed by atoms with E-state index >= 15 is 0 Å². The number of fused-ring (bicyclic) bond motifs is 1. The monoisotopic (exact) mass is 293 g/mol. The molecule has 0 radical (unpaired) electrons. The zero-order chi connectivity index (χ0) is 14.7. The second-order valence-corrected chi connectivity index (χ2v) is 5.55. The summed E-state index contributed by atoms with van der Waals surface area (Å²) < 4.78 is 0.986. The highest BCUT2D eigenvalue weighted by atomic mass is 32.1. The van der Waals surface area contributed by atoms with Crippen LogP contribution in [0.15, 0.2) is 18.2 Å². The van der Waals surface area contributed by atoms with E-state index in [1.807, 2.05) is 25.1 Å². The first-order valence-electron chi connectivity index (χ1n) is 6.11. The van der Waals surface area contributed by atoms with Crippen LogP contribution in [0.3, 0.4) is 0 Å². The fraction of sp³-hybridized carbons (Fsp3) is 0.308. The molecule has 0 saturated carbocycles. The second kappa shape index (κ2) is 5.98. The van der Waals surface area contributed by atoms with Crippen molar-refractivity contribution in [3.05, 3.63) is 23.8 Å². The van der Waals surface area contributed by atoms with E-state index in [0.717, 1.165) is 15.8 Å². The highest BCUT2D eigenvalue weighted by Gasteiger charge is 2.16. The van der Waals surface area contributed by atoms with Crippen LogP contribution in [0.5, 0.6) is 0 Å². The maximum atomic E-state index is 11.8. The predicted octanol–water partition coefficient (Wildman–Crippen LogP) is 1.74. The molecule has 0 fully saturated rings. The van der Waals surface area contributed by atoms with Crippen LogP contribution in [0.1, 0.15) is 18.4 Å². The zero-order valence-electron chi connectivity index (χ0n) is 10.9. The molecule has 106 valence electrons. The Hall–Kier alpha value is -1.99. The Balaban J connectivity index is 2.04. The van der Waals surface area contributed by atoms with E-state index in [9.17, 15) is 9.59 Å². The highest BCUT2D eigenvalue weighted by molar-refractivity contribution is 7.22. The van der Waals surface area contributed by atoms with Gasteiger partial charge >= 0.3 is 5.97 Å². The van der Waals surface area contributed by atoms with Crippen molar-refractivity contribution in [1.29, 1.82) is 0 Å². The van der Waals surface area contributed by atoms with Gasteiger partial charge in [0.1, 0.15) is 0 Å². The van der Waals surface area contributed by atoms with E-state index in [2.05, 4.69) is 10.3 Å². The number of carbonyl (C=O) groups is 2. The van der Waals surface area contributed by atoms with E-state index in [1.165, 1.54) is 11.3 Å². The molecule has 6 nitrogen and oxygen atoms in total. The van der Waals surface area contributed by atoms with Gasteiger partial charge in [0.15, 0.2) is 5.13 Å². The molecule has 1 unspecified atom stereocenters. The molecule has 1 atom stereocenters. The van der Waals surface area contributed by atoms with Crippen molar-refractivity contribution in [1.82, 2.24) is 4.98 Å². The van der Waals surface area contributed by atoms with Crippen LogP contribution >= 0.6 is 11.3 Å². The zero-order valence-corrected chi connectivity index (χ0v) is 11.7. The lowest BCUT2D eigenvalue weighted by Crippen LogP contribution is -2.35. The maximum Gasteiger partial charge on any atom is 0.303 e. The SMILES string of the molecule is Cc1ccc2nc(NC(=O)C(N)CCC(=O)O)sc2c1. The van der Waals surface area contributed by atoms with Gasteiger partial charge in [-0.05, 0) is 31.0 Å². The summed E-state index contributed by atoms with van der Waals surface area (Å²) in [7, 11) is 0. The van der Waals surface area contributed by atoms with Crippen molar-refractivity contribution in [3.8, 4) is 0 Å². The van der Waals surface area contributed by atoms with E-state index in [-0.39, 0.29) is 12.8 Å². The number of amides is 1. The summed E-state index contributed by atoms with van der Waals surface area (Å²) in [5.41, 5.74) is 7.57. The third-order valence-electron chi connectivity index (χ3n) is 2.78. The van der Waals surface area contributed by atoms with Crippen molar-refractivity contribution in [2.24, 2.45) is 5.73 Å². The van der Waals surface area contributed by atoms with Gasteiger partial charge in [0.05, 0.1) is 16.3 Å². The predicted molar refractivity (Wildman–Crippen MR) is 77.8 cm³/mol. The lowest BCUT2D eigenvalue weighted by atomic mass is 10.1. The minimum absolute atomic E-state index is 0.102. The molecule has 1 aromatic carbocycles. The van der Waals surface area contributed by atoms with Crippen molar-refractivity contribution in [3.63, 3.8) is 0 Å². The molecule has 4 N–H and O–H groups in total. The Morgan fingerprint density at radius 1 is 1.50 bits per heavy atom. The number of rotatable bonds is 5. The van der Waals surface area contributed by atoms with E-state index in [4.69, 9.17) is 10.8 Å². The number of hydrogen-bond donors (Lipinski definition) is 3. The molecule has 7 heteroatoms. The molecule has 0 aliphatic carbocycles. The minimum atomic E-state index is -0.969. The topological polar surface area (TPSA) is 105 Å². The largest absolute Gasteiger partial charge is 0.481 e. The van der Waals surface area contributed by atoms with E-state index in [1.54, 1.807) is 0 Å². The van der Waals surface area contributed by atoms with Gasteiger partial charge in [-0.3, -0.25) is 9.59 Å². The van der Waals surface area contributed by atoms with Crippen LogP contribution in [0.4, 0.5) is 5.13 Å². The van der Waals surface area contributed by atoms with Gasteiger partial charge in [-0.1, -0.05) is 17.4 Å². The number of aryl methyl sites for hydroxylation is 1. The Morgan fingerprint density at radius 3 is 2.95 bits per heavy atom. The number of aliphatic carboxylic acids is 1. The summed E-state index contributed by atoms with van der Waals surface area (Å²) in [5, 5.41) is 11.7. The second-order valence-electron chi connectivity index (χ2n) is 4.52. The molecule has 0 bridgehead atoms. The lowest BCUT2D eigenvalue weighted by molar-refractivity contribution is -0.137. The maximum absolute atomic E-state index is 11.8. The number of hydrogen-bond acceptors (Lipinski definition) is 5. The third kappa shape index (κ3) is 3.52. The number of anilines is 1. The number of carboxylic acids is 1. The Morgan fingerprint density at radius 2 is 2.25 bits per heavy atom. The fourth-order valence-corrected chi connectivity index (χ4v) is 2.66. The molecule has 2 aromatic rings. The average molecular weight is 293 g/mol. The molecule has 0 aliphatic rings. The normalized spacial score (nSPS) is 12.3. The Labute approximate surface area is 119 Å². The Bertz CT molecular complexity index is 653. The van der Waals surface area contributed by atoms with Gasteiger partial charge < -0.3 is 16.2 Å². The summed E-state index contributed by atoms with van der Waals surface area (Å²) in [6.07, 6.45) is -0.0290. The molecule has 2 rings (SSSR count). The van der Waals surface area contributed by atoms with Crippen LogP contribution in [-0.2, 0) is 9.59 Å². The molecular formula is C13H15N3O3S. The number of carboxylic acid groups (broad SMARTS) is 1. The standard InChI is InChI=1S/C13H15N3O3S/c1-7-2-4-9-10(6-7)20-13(15-9)16-12(19)8(14)3-5-11(17)18/h2,4,6,8H,3,5,14H2,1H3,(H,17,18)(H,15,16,19). The summed E-state index contributed by atoms with van der Waals surface area (Å²) in [6, 6.07) is 4.99. The molecule has 1 amide bonds. The Kier molecular flexibility index (Phi) is 4.31. The van der Waals surface area contributed by atoms with Crippen molar-refractivity contribution in [2.75, 3.05) is 5.32 Å². The van der Waals surface area contributed by atoms with Crippen molar-refractivity contribution in [2.45, 2.75) is 25.8 Å². The van der Waals surface area contributed by atoms with Crippen molar-refractivity contribution < 1.29 is 14.7 Å². The van der Waals surface area contributed by atoms with Gasteiger partial charge in [0.25, 0.3) is 0 Å². The fourth-order valence-electron chi connectivity index (χ4n) is 1.69. The number of aromatic nitrogens is 1. The summed E-state index contributed by atoms with van der Waals surface area (Å²) in [4.78, 5) is 26.5. The molecule has 20 heavy (non-hydrogen) atoms. The van der Waals surface area contributed by atoms with Gasteiger partial charge in [-0.25, -0.2) is 4.98 Å². The smallest absolute Gasteiger partial charge is 0.303 e. The lowest BCUT2D eigenvalue weighted by Gasteiger charge is -2.08. The number of nitrogens with one attached hydrogen (secondary N) is 1. The van der Waals surface area contributed by atoms with Crippen LogP contribution in [0.25, 0.3) is 10.2 Å². The summed E-state index contributed by atoms with van der Waals surface area (Å²) in [5.74, 6) is -1.38. The van der Waals surface area contributed by atoms with Gasteiger partial charge in [-0.15, -0.1) is 0 Å². The molecule has 0 aliphatic heterocycles. The van der Waals surface area contributed by atoms with Crippen LogP contribution in [0, 0.1) is 6.92 Å². The van der Waals surface area contributed by atoms with E-state index < -0.39 is 17.9 Å². The molecular weight excluding hydrogens is 278 g/mol. The first-order chi connectivity index (χ1) is 9.45. The van der Waals surface area contributed by atoms with Gasteiger partial charge in [0.2, 0.25) is 5.91 Å². The molecule has 0 saturated heterocycles. The van der Waals surface area contributed by atoms with Crippen LogP contribution < -0.4 is 11.1 Å². The quantitative estimate of drug-likeness (QED) is 0.778. The number of carbonyl (C=O) groups excluding carboxylic acids is 1. The number of benzene rings is 1. The molecule has 1 heterocycles. The number of nitrogens with two attached hydrogens (primary N) is 1. The number of thiazole rings is 1. The average Bonchev–Trinajstić information content (AvgIpc) is 2.76. The molecule has 1 aromatic heterocycles.